The highest BCUT2D eigenvalue weighted by atomic mass is 32.1. The van der Waals surface area contributed by atoms with Crippen LogP contribution in [0.2, 0.25) is 0 Å². The molecule has 0 saturated carbocycles. The number of fused-ring (bicyclic) bond motifs is 1. The van der Waals surface area contributed by atoms with Gasteiger partial charge in [-0.3, -0.25) is 9.69 Å². The number of carbonyl (C=O) groups is 1. The number of likely N-dealkylation sites (N-methyl/N-ethyl adjacent to an activating group) is 1. The Hall–Kier alpha value is -0.940. The first-order chi connectivity index (χ1) is 8.58. The van der Waals surface area contributed by atoms with Gasteiger partial charge in [0.15, 0.2) is 5.13 Å². The van der Waals surface area contributed by atoms with Crippen molar-refractivity contribution in [1.82, 2.24) is 9.88 Å². The molecule has 0 fully saturated rings. The first-order valence-electron chi connectivity index (χ1n) is 6.59. The summed E-state index contributed by atoms with van der Waals surface area (Å²) in [4.78, 5) is 19.9. The van der Waals surface area contributed by atoms with E-state index in [0.29, 0.717) is 12.3 Å². The van der Waals surface area contributed by atoms with Crippen LogP contribution in [0, 0.1) is 5.92 Å². The van der Waals surface area contributed by atoms with Crippen molar-refractivity contribution in [2.75, 3.05) is 18.4 Å². The third-order valence-electron chi connectivity index (χ3n) is 3.10. The fourth-order valence-electron chi connectivity index (χ4n) is 2.11. The molecule has 5 heteroatoms. The molecule has 1 aromatic heterocycles. The molecule has 18 heavy (non-hydrogen) atoms. The Morgan fingerprint density at radius 1 is 1.56 bits per heavy atom. The van der Waals surface area contributed by atoms with Gasteiger partial charge in [-0.15, -0.1) is 11.3 Å². The third kappa shape index (κ3) is 3.29. The van der Waals surface area contributed by atoms with Crippen molar-refractivity contribution in [1.29, 1.82) is 0 Å². The van der Waals surface area contributed by atoms with Gasteiger partial charge in [0.1, 0.15) is 0 Å². The number of hydrogen-bond acceptors (Lipinski definition) is 4. The lowest BCUT2D eigenvalue weighted by atomic mass is 10.1. The van der Waals surface area contributed by atoms with Crippen molar-refractivity contribution >= 4 is 22.4 Å². The second kappa shape index (κ2) is 5.80. The molecule has 1 aliphatic heterocycles. The quantitative estimate of drug-likeness (QED) is 0.911. The van der Waals surface area contributed by atoms with Gasteiger partial charge in [0.2, 0.25) is 5.91 Å². The highest BCUT2D eigenvalue weighted by Gasteiger charge is 2.20. The second-order valence-corrected chi connectivity index (χ2v) is 6.24. The molecule has 100 valence electrons. The van der Waals surface area contributed by atoms with Gasteiger partial charge in [0, 0.05) is 30.8 Å². The molecule has 0 aliphatic carbocycles. The van der Waals surface area contributed by atoms with Crippen LogP contribution in [0.3, 0.4) is 0 Å². The average molecular weight is 267 g/mol. The van der Waals surface area contributed by atoms with Crippen LogP contribution in [0.25, 0.3) is 0 Å². The fraction of sp³-hybridized carbons (Fsp3) is 0.692. The molecule has 1 amide bonds. The van der Waals surface area contributed by atoms with Crippen LogP contribution >= 0.6 is 11.3 Å². The van der Waals surface area contributed by atoms with Crippen LogP contribution in [0.5, 0.6) is 0 Å². The summed E-state index contributed by atoms with van der Waals surface area (Å²) in [6.07, 6.45) is 1.56. The minimum atomic E-state index is 0.0726. The molecule has 0 atom stereocenters. The predicted molar refractivity (Wildman–Crippen MR) is 74.9 cm³/mol. The number of amides is 1. The second-order valence-electron chi connectivity index (χ2n) is 5.15. The summed E-state index contributed by atoms with van der Waals surface area (Å²) in [5.74, 6) is 0.457. The lowest BCUT2D eigenvalue weighted by Gasteiger charge is -2.23. The number of nitrogens with one attached hydrogen (secondary N) is 1. The van der Waals surface area contributed by atoms with E-state index in [0.717, 1.165) is 31.2 Å². The number of anilines is 1. The van der Waals surface area contributed by atoms with Crippen molar-refractivity contribution in [2.24, 2.45) is 5.92 Å². The van der Waals surface area contributed by atoms with Gasteiger partial charge in [-0.1, -0.05) is 20.8 Å². The smallest absolute Gasteiger partial charge is 0.226 e. The molecule has 1 aromatic rings. The first kappa shape index (κ1) is 13.5. The summed E-state index contributed by atoms with van der Waals surface area (Å²) in [6, 6.07) is 0. The van der Waals surface area contributed by atoms with Crippen molar-refractivity contribution in [3.63, 3.8) is 0 Å². The van der Waals surface area contributed by atoms with E-state index >= 15 is 0 Å². The summed E-state index contributed by atoms with van der Waals surface area (Å²) < 4.78 is 0. The van der Waals surface area contributed by atoms with Crippen molar-refractivity contribution in [2.45, 2.75) is 40.2 Å². The zero-order chi connectivity index (χ0) is 13.1. The van der Waals surface area contributed by atoms with E-state index in [9.17, 15) is 4.79 Å². The average Bonchev–Trinajstić information content (AvgIpc) is 2.68. The van der Waals surface area contributed by atoms with Crippen molar-refractivity contribution in [3.05, 3.63) is 10.6 Å². The van der Waals surface area contributed by atoms with Gasteiger partial charge >= 0.3 is 0 Å². The molecule has 2 heterocycles. The largest absolute Gasteiger partial charge is 0.302 e. The first-order valence-corrected chi connectivity index (χ1v) is 7.41. The number of rotatable bonds is 4. The molecule has 0 aromatic carbocycles. The highest BCUT2D eigenvalue weighted by molar-refractivity contribution is 7.15. The molecular formula is C13H21N3OS. The van der Waals surface area contributed by atoms with Crippen molar-refractivity contribution in [3.8, 4) is 0 Å². The highest BCUT2D eigenvalue weighted by Crippen LogP contribution is 2.28. The maximum Gasteiger partial charge on any atom is 0.226 e. The maximum atomic E-state index is 11.7. The fourth-order valence-corrected chi connectivity index (χ4v) is 3.18. The molecule has 0 saturated heterocycles. The van der Waals surface area contributed by atoms with Gasteiger partial charge < -0.3 is 5.32 Å². The van der Waals surface area contributed by atoms with E-state index in [1.807, 2.05) is 13.8 Å². The summed E-state index contributed by atoms with van der Waals surface area (Å²) in [5, 5.41) is 3.68. The molecule has 4 nitrogen and oxygen atoms in total. The summed E-state index contributed by atoms with van der Waals surface area (Å²) in [7, 11) is 0. The molecule has 1 N–H and O–H groups in total. The van der Waals surface area contributed by atoms with Crippen LogP contribution in [0.4, 0.5) is 5.13 Å². The Morgan fingerprint density at radius 2 is 2.33 bits per heavy atom. The van der Waals surface area contributed by atoms with Crippen LogP contribution in [0.15, 0.2) is 0 Å². The molecule has 0 radical (unpaired) electrons. The van der Waals surface area contributed by atoms with E-state index < -0.39 is 0 Å². The third-order valence-corrected chi connectivity index (χ3v) is 4.10. The van der Waals surface area contributed by atoms with E-state index in [1.54, 1.807) is 11.3 Å². The Balaban J connectivity index is 2.00. The Morgan fingerprint density at radius 3 is 3.00 bits per heavy atom. The van der Waals surface area contributed by atoms with E-state index in [-0.39, 0.29) is 5.91 Å². The normalized spacial score (nSPS) is 15.8. The monoisotopic (exact) mass is 267 g/mol. The maximum absolute atomic E-state index is 11.7. The van der Waals surface area contributed by atoms with E-state index in [1.165, 1.54) is 10.6 Å². The minimum Gasteiger partial charge on any atom is -0.302 e. The molecule has 0 bridgehead atoms. The van der Waals surface area contributed by atoms with Crippen molar-refractivity contribution < 1.29 is 4.79 Å². The number of aromatic nitrogens is 1. The molecule has 0 unspecified atom stereocenters. The Labute approximate surface area is 112 Å². The SMILES string of the molecule is CCN1CCc2nc(NC(=O)CC(C)C)sc2C1. The summed E-state index contributed by atoms with van der Waals surface area (Å²) in [6.45, 7) is 9.40. The van der Waals surface area contributed by atoms with Gasteiger partial charge in [-0.25, -0.2) is 4.98 Å². The zero-order valence-corrected chi connectivity index (χ0v) is 12.1. The molecule has 0 spiro atoms. The number of hydrogen-bond donors (Lipinski definition) is 1. The van der Waals surface area contributed by atoms with E-state index in [4.69, 9.17) is 0 Å². The van der Waals surface area contributed by atoms with Gasteiger partial charge in [-0.05, 0) is 12.5 Å². The standard InChI is InChI=1S/C13H21N3OS/c1-4-16-6-5-10-11(8-16)18-13(14-10)15-12(17)7-9(2)3/h9H,4-8H2,1-3H3,(H,14,15,17). The Kier molecular flexibility index (Phi) is 4.35. The molecular weight excluding hydrogens is 246 g/mol. The zero-order valence-electron chi connectivity index (χ0n) is 11.3. The van der Waals surface area contributed by atoms with Crippen LogP contribution in [0.1, 0.15) is 37.8 Å². The number of nitrogens with zero attached hydrogens (tertiary/aromatic N) is 2. The summed E-state index contributed by atoms with van der Waals surface area (Å²) >= 11 is 1.63. The lowest BCUT2D eigenvalue weighted by Crippen LogP contribution is -2.29. The minimum absolute atomic E-state index is 0.0726. The van der Waals surface area contributed by atoms with Gasteiger partial charge in [-0.2, -0.15) is 0 Å². The van der Waals surface area contributed by atoms with Crippen LogP contribution in [-0.2, 0) is 17.8 Å². The van der Waals surface area contributed by atoms with E-state index in [2.05, 4.69) is 22.1 Å². The Bertz CT molecular complexity index is 428. The van der Waals surface area contributed by atoms with Gasteiger partial charge in [0.25, 0.3) is 0 Å². The lowest BCUT2D eigenvalue weighted by molar-refractivity contribution is -0.116. The molecule has 2 rings (SSSR count). The van der Waals surface area contributed by atoms with Gasteiger partial charge in [0.05, 0.1) is 5.69 Å². The number of thiazole rings is 1. The molecule has 1 aliphatic rings. The van der Waals surface area contributed by atoms with Crippen LogP contribution in [-0.4, -0.2) is 28.9 Å². The predicted octanol–water partition coefficient (Wildman–Crippen LogP) is 2.51. The number of carbonyl (C=O) groups excluding carboxylic acids is 1. The topological polar surface area (TPSA) is 45.2 Å². The summed E-state index contributed by atoms with van der Waals surface area (Å²) in [5.41, 5.74) is 1.17. The van der Waals surface area contributed by atoms with Crippen LogP contribution < -0.4 is 5.32 Å².